The average molecular weight is 234 g/mol. The van der Waals surface area contributed by atoms with Crippen molar-refractivity contribution in [3.8, 4) is 0 Å². The number of carbonyl (C=O) groups is 1. The molecule has 0 saturated heterocycles. The summed E-state index contributed by atoms with van der Waals surface area (Å²) >= 11 is 0. The Kier molecular flexibility index (Phi) is 4.33. The number of hydrogen-bond donors (Lipinski definition) is 0. The molecule has 0 radical (unpaired) electrons. The van der Waals surface area contributed by atoms with Gasteiger partial charge < -0.3 is 4.74 Å². The van der Waals surface area contributed by atoms with Crippen molar-refractivity contribution in [1.29, 1.82) is 0 Å². The van der Waals surface area contributed by atoms with E-state index in [1.54, 1.807) is 0 Å². The van der Waals surface area contributed by atoms with Crippen LogP contribution in [0, 0.1) is 26.7 Å². The molecule has 0 fully saturated rings. The lowest BCUT2D eigenvalue weighted by molar-refractivity contribution is -0.143. The predicted molar refractivity (Wildman–Crippen MR) is 70.2 cm³/mol. The van der Waals surface area contributed by atoms with Gasteiger partial charge in [-0.2, -0.15) is 0 Å². The number of methoxy groups -OCH3 is 1. The third-order valence-electron chi connectivity index (χ3n) is 3.34. The molecule has 0 amide bonds. The van der Waals surface area contributed by atoms with Gasteiger partial charge in [-0.25, -0.2) is 0 Å². The van der Waals surface area contributed by atoms with Crippen LogP contribution in [-0.2, 0) is 9.53 Å². The summed E-state index contributed by atoms with van der Waals surface area (Å²) in [6.45, 7) is 10.3. The Morgan fingerprint density at radius 1 is 1.06 bits per heavy atom. The Balaban J connectivity index is 3.28. The van der Waals surface area contributed by atoms with E-state index >= 15 is 0 Å². The molecular weight excluding hydrogens is 212 g/mol. The first-order chi connectivity index (χ1) is 7.88. The van der Waals surface area contributed by atoms with Crippen LogP contribution in [-0.4, -0.2) is 13.1 Å². The molecule has 17 heavy (non-hydrogen) atoms. The summed E-state index contributed by atoms with van der Waals surface area (Å²) < 4.78 is 4.91. The van der Waals surface area contributed by atoms with Crippen LogP contribution in [0.25, 0.3) is 0 Å². The van der Waals surface area contributed by atoms with Gasteiger partial charge in [0.25, 0.3) is 0 Å². The van der Waals surface area contributed by atoms with Crippen molar-refractivity contribution in [1.82, 2.24) is 0 Å². The maximum Gasteiger partial charge on any atom is 0.313 e. The molecule has 1 atom stereocenters. The first-order valence-corrected chi connectivity index (χ1v) is 6.04. The Bertz CT molecular complexity index is 419. The molecule has 1 rings (SSSR count). The lowest BCUT2D eigenvalue weighted by atomic mass is 9.84. The second-order valence-corrected chi connectivity index (χ2v) is 5.04. The molecule has 0 spiro atoms. The van der Waals surface area contributed by atoms with Crippen molar-refractivity contribution in [3.63, 3.8) is 0 Å². The minimum absolute atomic E-state index is 0.147. The van der Waals surface area contributed by atoms with E-state index in [2.05, 4.69) is 46.8 Å². The van der Waals surface area contributed by atoms with Crippen molar-refractivity contribution >= 4 is 5.97 Å². The molecule has 0 aliphatic carbocycles. The minimum Gasteiger partial charge on any atom is -0.469 e. The first kappa shape index (κ1) is 13.8. The molecule has 2 heteroatoms. The van der Waals surface area contributed by atoms with E-state index in [9.17, 15) is 4.79 Å². The second-order valence-electron chi connectivity index (χ2n) is 5.04. The lowest BCUT2D eigenvalue weighted by Crippen LogP contribution is -2.20. The van der Waals surface area contributed by atoms with Gasteiger partial charge in [0.1, 0.15) is 0 Å². The normalized spacial score (nSPS) is 12.6. The average Bonchev–Trinajstić information content (AvgIpc) is 2.25. The molecule has 1 aromatic carbocycles. The molecule has 0 bridgehead atoms. The maximum absolute atomic E-state index is 11.9. The molecule has 1 aromatic rings. The quantitative estimate of drug-likeness (QED) is 0.748. The fraction of sp³-hybridized carbons (Fsp3) is 0.533. The minimum atomic E-state index is -0.167. The van der Waals surface area contributed by atoms with E-state index in [1.165, 1.54) is 18.2 Å². The Hall–Kier alpha value is -1.31. The van der Waals surface area contributed by atoms with Crippen LogP contribution >= 0.6 is 0 Å². The number of esters is 1. The lowest BCUT2D eigenvalue weighted by Gasteiger charge is -2.21. The van der Waals surface area contributed by atoms with Crippen LogP contribution in [0.15, 0.2) is 12.1 Å². The number of rotatable bonds is 3. The molecule has 0 heterocycles. The smallest absolute Gasteiger partial charge is 0.313 e. The van der Waals surface area contributed by atoms with Crippen molar-refractivity contribution in [3.05, 3.63) is 34.4 Å². The number of hydrogen-bond acceptors (Lipinski definition) is 2. The number of aryl methyl sites for hydroxylation is 3. The summed E-state index contributed by atoms with van der Waals surface area (Å²) in [4.78, 5) is 11.9. The monoisotopic (exact) mass is 234 g/mol. The fourth-order valence-corrected chi connectivity index (χ4v) is 2.20. The number of benzene rings is 1. The van der Waals surface area contributed by atoms with Gasteiger partial charge in [-0.05, 0) is 48.9 Å². The van der Waals surface area contributed by atoms with Crippen LogP contribution in [0.3, 0.4) is 0 Å². The van der Waals surface area contributed by atoms with E-state index in [1.807, 2.05) is 0 Å². The highest BCUT2D eigenvalue weighted by atomic mass is 16.5. The molecule has 0 N–H and O–H groups in total. The van der Waals surface area contributed by atoms with Gasteiger partial charge in [0, 0.05) is 0 Å². The van der Waals surface area contributed by atoms with Gasteiger partial charge in [-0.15, -0.1) is 0 Å². The third-order valence-corrected chi connectivity index (χ3v) is 3.34. The first-order valence-electron chi connectivity index (χ1n) is 6.04. The van der Waals surface area contributed by atoms with E-state index in [4.69, 9.17) is 4.74 Å². The zero-order chi connectivity index (χ0) is 13.2. The SMILES string of the molecule is COC(=O)C(c1cc(C)c(C)cc1C)C(C)C. The highest BCUT2D eigenvalue weighted by Gasteiger charge is 2.26. The Morgan fingerprint density at radius 3 is 2.06 bits per heavy atom. The van der Waals surface area contributed by atoms with Crippen LogP contribution in [0.5, 0.6) is 0 Å². The molecule has 2 nitrogen and oxygen atoms in total. The van der Waals surface area contributed by atoms with Crippen LogP contribution in [0.1, 0.15) is 42.0 Å². The summed E-state index contributed by atoms with van der Waals surface area (Å²) in [6.07, 6.45) is 0. The van der Waals surface area contributed by atoms with Crippen molar-refractivity contribution in [2.75, 3.05) is 7.11 Å². The zero-order valence-electron chi connectivity index (χ0n) is 11.6. The highest BCUT2D eigenvalue weighted by Crippen LogP contribution is 2.30. The van der Waals surface area contributed by atoms with Crippen LogP contribution in [0.4, 0.5) is 0 Å². The molecule has 0 aliphatic heterocycles. The van der Waals surface area contributed by atoms with Crippen molar-refractivity contribution in [2.24, 2.45) is 5.92 Å². The van der Waals surface area contributed by atoms with Gasteiger partial charge in [0.15, 0.2) is 0 Å². The molecule has 94 valence electrons. The van der Waals surface area contributed by atoms with Crippen molar-refractivity contribution in [2.45, 2.75) is 40.5 Å². The van der Waals surface area contributed by atoms with E-state index in [0.29, 0.717) is 0 Å². The summed E-state index contributed by atoms with van der Waals surface area (Å²) in [5, 5.41) is 0. The molecule has 0 aliphatic rings. The van der Waals surface area contributed by atoms with Crippen LogP contribution in [0.2, 0.25) is 0 Å². The fourth-order valence-electron chi connectivity index (χ4n) is 2.20. The van der Waals surface area contributed by atoms with Gasteiger partial charge >= 0.3 is 5.97 Å². The summed E-state index contributed by atoms with van der Waals surface area (Å²) in [5.74, 6) is -0.0751. The largest absolute Gasteiger partial charge is 0.469 e. The molecule has 1 unspecified atom stereocenters. The Labute approximate surface area is 104 Å². The second kappa shape index (κ2) is 5.35. The summed E-state index contributed by atoms with van der Waals surface area (Å²) in [5.41, 5.74) is 4.74. The van der Waals surface area contributed by atoms with E-state index < -0.39 is 0 Å². The van der Waals surface area contributed by atoms with Crippen LogP contribution < -0.4 is 0 Å². The standard InChI is InChI=1S/C15H22O2/c1-9(2)14(15(16)17-6)13-8-11(4)10(3)7-12(13)5/h7-9,14H,1-6H3. The van der Waals surface area contributed by atoms with E-state index in [-0.39, 0.29) is 17.8 Å². The maximum atomic E-state index is 11.9. The summed E-state index contributed by atoms with van der Waals surface area (Å²) in [7, 11) is 1.45. The van der Waals surface area contributed by atoms with Crippen molar-refractivity contribution < 1.29 is 9.53 Å². The van der Waals surface area contributed by atoms with Gasteiger partial charge in [-0.1, -0.05) is 26.0 Å². The molecule has 0 saturated carbocycles. The third kappa shape index (κ3) is 2.87. The van der Waals surface area contributed by atoms with Gasteiger partial charge in [0.05, 0.1) is 13.0 Å². The zero-order valence-corrected chi connectivity index (χ0v) is 11.6. The molecule has 0 aromatic heterocycles. The Morgan fingerprint density at radius 2 is 1.59 bits per heavy atom. The number of carbonyl (C=O) groups excluding carboxylic acids is 1. The number of ether oxygens (including phenoxy) is 1. The van der Waals surface area contributed by atoms with Gasteiger partial charge in [0.2, 0.25) is 0 Å². The van der Waals surface area contributed by atoms with Gasteiger partial charge in [-0.3, -0.25) is 4.79 Å². The molecular formula is C15H22O2. The summed E-state index contributed by atoms with van der Waals surface area (Å²) in [6, 6.07) is 4.26. The van der Waals surface area contributed by atoms with E-state index in [0.717, 1.165) is 11.1 Å². The highest BCUT2D eigenvalue weighted by molar-refractivity contribution is 5.79. The predicted octanol–water partition coefficient (Wildman–Crippen LogP) is 3.52. The topological polar surface area (TPSA) is 26.3 Å².